The van der Waals surface area contributed by atoms with E-state index >= 15 is 0 Å². The Bertz CT molecular complexity index is 5310. The molecule has 10 atom stereocenters. The number of nitrogens with two attached hydrogens (primary N) is 3. The average molecular weight is 2000 g/mol. The molecule has 6 aromatic carbocycles. The van der Waals surface area contributed by atoms with Gasteiger partial charge in [-0.1, -0.05) is 98.8 Å². The van der Waals surface area contributed by atoms with Crippen LogP contribution in [-0.4, -0.2) is 273 Å². The predicted octanol–water partition coefficient (Wildman–Crippen LogP) is 2.70. The molecule has 1 heterocycles. The number of unbranched alkanes of at least 4 members (excludes halogenated alkanes) is 1. The Morgan fingerprint density at radius 3 is 1.66 bits per heavy atom. The third-order valence-electron chi connectivity index (χ3n) is 22.4. The maximum atomic E-state index is 14.9. The molecule has 1 saturated heterocycles. The number of hydrogen-bond acceptors (Lipinski definition) is 26. The minimum atomic E-state index is -4.52. The number of likely N-dealkylation sites (tertiary alicyclic amines) is 1. The number of carbonyl (C=O) groups excluding carboxylic acids is 14. The SMILES string of the molecule is CSCC[C@H](NC(=O)[C@H](CCCNC(=N)N)NC(=O)[C@H](CCC(=O)O)NC(=O)CCCNC(=O)c1ccc(N=Nc2ccc(N(C)C)cc2)cc1)C(=O)N[C@H](CC(=O)N[C@@H](CC(C)C)C(=O)N[C@@H](CO)C(=O)N[C@@H](Cc1ccccc1)C(=O)N1CCC[C@H]1C(=O)NCCCC(=O)N[C@@H](CSCC(=O)NCCNc1cccc2c(S(=O)(=O)O)cccc12)C(=O)N[C@@H](CCCCN)C(N)=O)Cc1ccccc1. The number of aliphatic hydroxyl groups is 1. The zero-order valence-electron chi connectivity index (χ0n) is 79.2. The number of aliphatic carboxylic acids is 1. The van der Waals surface area contributed by atoms with Crippen molar-refractivity contribution in [3.05, 3.63) is 162 Å². The van der Waals surface area contributed by atoms with E-state index in [2.05, 4.69) is 84.7 Å². The normalized spacial score (nSPS) is 14.3. The van der Waals surface area contributed by atoms with Gasteiger partial charge in [-0.3, -0.25) is 81.9 Å². The third kappa shape index (κ3) is 40.2. The number of rotatable bonds is 62. The number of amides is 14. The largest absolute Gasteiger partial charge is 0.481 e. The molecule has 1 aliphatic rings. The fraction of sp³-hybridized carbons (Fsp3) is 0.474. The number of nitrogens with zero attached hydrogens (tertiary/aromatic N) is 4. The Morgan fingerprint density at radius 2 is 1.06 bits per heavy atom. The zero-order valence-corrected chi connectivity index (χ0v) is 81.7. The molecule has 0 aromatic heterocycles. The van der Waals surface area contributed by atoms with Gasteiger partial charge in [0, 0.05) is 125 Å². The lowest BCUT2D eigenvalue weighted by Crippen LogP contribution is -2.59. The van der Waals surface area contributed by atoms with Gasteiger partial charge >= 0.3 is 5.97 Å². The predicted molar refractivity (Wildman–Crippen MR) is 532 cm³/mol. The summed E-state index contributed by atoms with van der Waals surface area (Å²) in [6, 6.07) is 27.2. The minimum absolute atomic E-state index is 0.0129. The van der Waals surface area contributed by atoms with Crippen molar-refractivity contribution >= 4 is 162 Å². The van der Waals surface area contributed by atoms with Crippen LogP contribution in [0.5, 0.6) is 0 Å². The highest BCUT2D eigenvalue weighted by Crippen LogP contribution is 2.30. The lowest BCUT2D eigenvalue weighted by Gasteiger charge is -2.30. The number of fused-ring (bicyclic) bond motifs is 1. The van der Waals surface area contributed by atoms with Crippen LogP contribution in [0.25, 0.3) is 10.8 Å². The van der Waals surface area contributed by atoms with Gasteiger partial charge in [0.2, 0.25) is 76.8 Å². The van der Waals surface area contributed by atoms with Gasteiger partial charge in [-0.05, 0) is 180 Å². The molecular weight excluding hydrogens is 1870 g/mol. The van der Waals surface area contributed by atoms with E-state index < -0.39 is 185 Å². The Labute approximate surface area is 822 Å². The van der Waals surface area contributed by atoms with Gasteiger partial charge in [0.15, 0.2) is 5.96 Å². The summed E-state index contributed by atoms with van der Waals surface area (Å²) in [6.07, 6.45) is 1.61. The monoisotopic (exact) mass is 2000 g/mol. The number of primary amides is 1. The van der Waals surface area contributed by atoms with Crippen LogP contribution in [-0.2, 0) is 90.1 Å². The highest BCUT2D eigenvalue weighted by Gasteiger charge is 2.40. The van der Waals surface area contributed by atoms with E-state index in [1.54, 1.807) is 129 Å². The number of anilines is 2. The Balaban J connectivity index is 0.952. The van der Waals surface area contributed by atoms with Gasteiger partial charge in [-0.25, -0.2) is 0 Å². The molecule has 0 unspecified atom stereocenters. The van der Waals surface area contributed by atoms with E-state index in [4.69, 9.17) is 22.6 Å². The van der Waals surface area contributed by atoms with E-state index in [1.165, 1.54) is 28.8 Å². The first-order valence-electron chi connectivity index (χ1n) is 46.3. The van der Waals surface area contributed by atoms with Crippen molar-refractivity contribution in [2.45, 2.75) is 195 Å². The van der Waals surface area contributed by atoms with Gasteiger partial charge in [-0.15, -0.1) is 11.8 Å². The van der Waals surface area contributed by atoms with E-state index in [-0.39, 0.29) is 150 Å². The van der Waals surface area contributed by atoms with E-state index in [0.29, 0.717) is 70.7 Å². The van der Waals surface area contributed by atoms with Crippen LogP contribution in [0.1, 0.15) is 138 Å². The van der Waals surface area contributed by atoms with Gasteiger partial charge < -0.3 is 112 Å². The molecule has 24 N–H and O–H groups in total. The fourth-order valence-electron chi connectivity index (χ4n) is 15.1. The van der Waals surface area contributed by atoms with E-state index in [1.807, 2.05) is 43.3 Å². The van der Waals surface area contributed by atoms with Gasteiger partial charge in [0.1, 0.15) is 59.3 Å². The zero-order chi connectivity index (χ0) is 102. The standard InChI is InChI=1S/C95H132N22O20S3/c1-59(2)52-74(107-82(121)55-65(53-60-20-8-6-9-21-60)105-87(127)73(43-51-138-5)111-88(128)71(28-16-47-104-95(98)99)110-89(129)72(41-42-84(123)124)106-80(119)31-17-45-102-86(126)62-33-35-63(36-34-62)114-115-64-37-39-66(40-38-64)116(3)4)90(130)113-76(56-118)91(131)112-75(54-61-22-10-7-11-23-61)94(134)117-50-19-29-78(117)93(133)103-46-18-32-81(120)108-77(92(132)109-70(85(97)125)26-12-13-44-96)57-139-58-83(122)101-49-48-100-69-27-14-25-68-67(69)24-15-30-79(68)140(135,136)137/h6-11,14-15,20-25,27,30,33-40,59,65,70-78,100,118H,12-13,16-19,26,28-29,31-32,41-58,96H2,1-5H3,(H2,97,125)(H,101,122)(H,102,126)(H,103,133)(H,105,127)(H,106,119)(H,107,121)(H,108,120)(H,109,132)(H,110,129)(H,111,128)(H,112,131)(H,113,130)(H,123,124)(H4,98,99,104)(H,135,136,137)/t65-,70-,71-,72-,73-,74-,75-,76-,77-,78-/m0/s1. The van der Waals surface area contributed by atoms with Crippen molar-refractivity contribution in [1.82, 2.24) is 74.0 Å². The Hall–Kier alpha value is -13.4. The first-order valence-corrected chi connectivity index (χ1v) is 50.3. The van der Waals surface area contributed by atoms with E-state index in [9.17, 15) is 95.1 Å². The average Bonchev–Trinajstić information content (AvgIpc) is 1.21. The number of benzene rings is 6. The van der Waals surface area contributed by atoms with Gasteiger partial charge in [0.25, 0.3) is 16.0 Å². The molecule has 0 aliphatic carbocycles. The quantitative estimate of drug-likeness (QED) is 0.00858. The molecule has 7 rings (SSSR count). The third-order valence-corrected chi connectivity index (χ3v) is 25.0. The van der Waals surface area contributed by atoms with Crippen LogP contribution in [0.2, 0.25) is 0 Å². The van der Waals surface area contributed by atoms with Crippen molar-refractivity contribution in [3.8, 4) is 0 Å². The van der Waals surface area contributed by atoms with Crippen LogP contribution in [0.15, 0.2) is 161 Å². The number of carboxylic acids is 1. The molecule has 45 heteroatoms. The number of carboxylic acid groups (broad SMARTS) is 1. The number of azo groups is 1. The molecule has 1 fully saturated rings. The Kier molecular flexibility index (Phi) is 48.5. The van der Waals surface area contributed by atoms with Crippen molar-refractivity contribution in [1.29, 1.82) is 5.41 Å². The molecule has 0 saturated carbocycles. The van der Waals surface area contributed by atoms with Crippen LogP contribution in [0, 0.1) is 11.3 Å². The molecule has 0 radical (unpaired) electrons. The molecule has 1 aliphatic heterocycles. The summed E-state index contributed by atoms with van der Waals surface area (Å²) in [6.45, 7) is 3.27. The Morgan fingerprint density at radius 1 is 0.529 bits per heavy atom. The lowest BCUT2D eigenvalue weighted by molar-refractivity contribution is -0.142. The fourth-order valence-corrected chi connectivity index (χ4v) is 17.2. The number of carbonyl (C=O) groups is 15. The number of thioether (sulfide) groups is 2. The minimum Gasteiger partial charge on any atom is -0.481 e. The topological polar surface area (TPSA) is 652 Å². The van der Waals surface area contributed by atoms with Crippen molar-refractivity contribution in [2.75, 3.05) is 100 Å². The number of guanidine groups is 1. The van der Waals surface area contributed by atoms with Gasteiger partial charge in [-0.2, -0.15) is 30.4 Å². The molecule has 0 bridgehead atoms. The second-order valence-corrected chi connectivity index (χ2v) is 37.6. The second-order valence-electron chi connectivity index (χ2n) is 34.2. The summed E-state index contributed by atoms with van der Waals surface area (Å²) in [4.78, 5) is 211. The van der Waals surface area contributed by atoms with Crippen molar-refractivity contribution in [2.24, 2.45) is 33.3 Å². The number of hydrogen-bond donors (Lipinski definition) is 21. The maximum absolute atomic E-state index is 14.9. The van der Waals surface area contributed by atoms with Crippen molar-refractivity contribution in [3.63, 3.8) is 0 Å². The van der Waals surface area contributed by atoms with Crippen molar-refractivity contribution < 1.29 is 95.1 Å². The number of aliphatic hydroxyl groups excluding tert-OH is 1. The molecule has 42 nitrogen and oxygen atoms in total. The molecule has 760 valence electrons. The summed E-state index contributed by atoms with van der Waals surface area (Å²) in [5.41, 5.74) is 21.1. The maximum Gasteiger partial charge on any atom is 0.303 e. The molecule has 6 aromatic rings. The summed E-state index contributed by atoms with van der Waals surface area (Å²) >= 11 is 2.36. The number of nitrogens with one attached hydrogen (secondary N) is 15. The van der Waals surface area contributed by atoms with Crippen LogP contribution in [0.3, 0.4) is 0 Å². The summed E-state index contributed by atoms with van der Waals surface area (Å²) in [5, 5.41) is 75.7. The summed E-state index contributed by atoms with van der Waals surface area (Å²) in [5.74, 6) is -12.2. The van der Waals surface area contributed by atoms with E-state index in [0.717, 1.165) is 17.4 Å². The highest BCUT2D eigenvalue weighted by atomic mass is 32.2. The first-order chi connectivity index (χ1) is 66.9. The molecule has 140 heavy (non-hydrogen) atoms. The molecular formula is C95H132N22O20S3. The highest BCUT2D eigenvalue weighted by molar-refractivity contribution is 8.00. The molecule has 0 spiro atoms. The van der Waals surface area contributed by atoms with Crippen LogP contribution < -0.4 is 96.5 Å². The smallest absolute Gasteiger partial charge is 0.303 e. The first kappa shape index (κ1) is 114. The summed E-state index contributed by atoms with van der Waals surface area (Å²) in [7, 11) is -0.672. The van der Waals surface area contributed by atoms with Crippen LogP contribution >= 0.6 is 23.5 Å². The molecule has 14 amide bonds. The van der Waals surface area contributed by atoms with Crippen LogP contribution in [0.4, 0.5) is 22.7 Å². The van der Waals surface area contributed by atoms with Gasteiger partial charge in [0.05, 0.1) is 23.7 Å². The lowest BCUT2D eigenvalue weighted by atomic mass is 10.00. The second kappa shape index (κ2) is 59.8. The summed E-state index contributed by atoms with van der Waals surface area (Å²) < 4.78 is 33.8.